The number of aryl methyl sites for hydroxylation is 1. The summed E-state index contributed by atoms with van der Waals surface area (Å²) in [5, 5.41) is -0.122. The standard InChI is InChI=1S/C17H14ClNO2S/c1-11-5-7-12(8-6-11)9-15-16(20)19(17(21)22-15)14-4-2-3-13(18)10-14/h2-8,10,15H,9H2,1H3/t15-/m0/s1. The number of amides is 2. The lowest BCUT2D eigenvalue weighted by Crippen LogP contribution is -2.32. The van der Waals surface area contributed by atoms with Gasteiger partial charge in [-0.25, -0.2) is 4.90 Å². The number of rotatable bonds is 3. The summed E-state index contributed by atoms with van der Waals surface area (Å²) in [4.78, 5) is 25.9. The smallest absolute Gasteiger partial charge is 0.273 e. The molecule has 1 aliphatic heterocycles. The molecule has 3 rings (SSSR count). The second kappa shape index (κ2) is 6.15. The van der Waals surface area contributed by atoms with Crippen molar-refractivity contribution in [3.05, 3.63) is 64.7 Å². The number of hydrogen-bond donors (Lipinski definition) is 0. The molecule has 0 radical (unpaired) electrons. The molecule has 0 bridgehead atoms. The Bertz CT molecular complexity index is 730. The predicted octanol–water partition coefficient (Wildman–Crippen LogP) is 4.46. The molecule has 0 saturated carbocycles. The molecule has 112 valence electrons. The van der Waals surface area contributed by atoms with Crippen molar-refractivity contribution in [2.75, 3.05) is 4.90 Å². The Balaban J connectivity index is 1.81. The Morgan fingerprint density at radius 2 is 1.86 bits per heavy atom. The number of carbonyl (C=O) groups is 2. The molecule has 0 aliphatic carbocycles. The van der Waals surface area contributed by atoms with Crippen molar-refractivity contribution in [2.24, 2.45) is 0 Å². The Kier molecular flexibility index (Phi) is 4.23. The predicted molar refractivity (Wildman–Crippen MR) is 90.6 cm³/mol. The summed E-state index contributed by atoms with van der Waals surface area (Å²) in [7, 11) is 0. The zero-order valence-corrected chi connectivity index (χ0v) is 13.5. The van der Waals surface area contributed by atoms with E-state index >= 15 is 0 Å². The van der Waals surface area contributed by atoms with Gasteiger partial charge in [0.05, 0.1) is 10.9 Å². The van der Waals surface area contributed by atoms with Crippen LogP contribution in [0.15, 0.2) is 48.5 Å². The molecule has 2 aromatic carbocycles. The van der Waals surface area contributed by atoms with Gasteiger partial charge in [-0.1, -0.05) is 59.3 Å². The Morgan fingerprint density at radius 1 is 1.14 bits per heavy atom. The second-order valence-electron chi connectivity index (χ2n) is 5.22. The molecule has 1 aliphatic rings. The maximum atomic E-state index is 12.5. The van der Waals surface area contributed by atoms with Crippen molar-refractivity contribution < 1.29 is 9.59 Å². The van der Waals surface area contributed by atoms with Crippen LogP contribution in [-0.2, 0) is 11.2 Å². The van der Waals surface area contributed by atoms with Gasteiger partial charge in [0.1, 0.15) is 0 Å². The van der Waals surface area contributed by atoms with Crippen LogP contribution in [0.5, 0.6) is 0 Å². The van der Waals surface area contributed by atoms with Crippen LogP contribution in [0.1, 0.15) is 11.1 Å². The van der Waals surface area contributed by atoms with E-state index in [0.717, 1.165) is 17.3 Å². The topological polar surface area (TPSA) is 37.4 Å². The van der Waals surface area contributed by atoms with Crippen molar-refractivity contribution >= 4 is 40.2 Å². The largest absolute Gasteiger partial charge is 0.293 e. The van der Waals surface area contributed by atoms with Gasteiger partial charge in [0.15, 0.2) is 0 Å². The van der Waals surface area contributed by atoms with Gasteiger partial charge in [0.25, 0.3) is 5.24 Å². The summed E-state index contributed by atoms with van der Waals surface area (Å²) in [6, 6.07) is 14.8. The maximum absolute atomic E-state index is 12.5. The fourth-order valence-corrected chi connectivity index (χ4v) is 3.58. The van der Waals surface area contributed by atoms with Gasteiger partial charge in [0.2, 0.25) is 5.91 Å². The first-order chi connectivity index (χ1) is 10.5. The lowest BCUT2D eigenvalue weighted by Gasteiger charge is -2.14. The summed E-state index contributed by atoms with van der Waals surface area (Å²) in [5.41, 5.74) is 2.75. The highest BCUT2D eigenvalue weighted by Crippen LogP contribution is 2.34. The molecule has 1 fully saturated rings. The highest BCUT2D eigenvalue weighted by molar-refractivity contribution is 8.15. The molecule has 0 spiro atoms. The van der Waals surface area contributed by atoms with Crippen molar-refractivity contribution in [1.29, 1.82) is 0 Å². The van der Waals surface area contributed by atoms with Gasteiger partial charge in [-0.05, 0) is 37.1 Å². The van der Waals surface area contributed by atoms with Crippen molar-refractivity contribution in [3.63, 3.8) is 0 Å². The molecule has 3 nitrogen and oxygen atoms in total. The van der Waals surface area contributed by atoms with Crippen molar-refractivity contribution in [2.45, 2.75) is 18.6 Å². The number of hydrogen-bond acceptors (Lipinski definition) is 3. The van der Waals surface area contributed by atoms with Gasteiger partial charge in [-0.2, -0.15) is 0 Å². The molecule has 0 unspecified atom stereocenters. The number of thioether (sulfide) groups is 1. The molecule has 0 N–H and O–H groups in total. The maximum Gasteiger partial charge on any atom is 0.293 e. The van der Waals surface area contributed by atoms with Gasteiger partial charge in [-0.3, -0.25) is 9.59 Å². The van der Waals surface area contributed by atoms with Gasteiger partial charge < -0.3 is 0 Å². The average molecular weight is 332 g/mol. The Hall–Kier alpha value is -1.78. The van der Waals surface area contributed by atoms with Crippen LogP contribution in [0.25, 0.3) is 0 Å². The third-order valence-electron chi connectivity index (χ3n) is 3.53. The molecule has 2 aromatic rings. The summed E-state index contributed by atoms with van der Waals surface area (Å²) < 4.78 is 0. The van der Waals surface area contributed by atoms with Crippen LogP contribution < -0.4 is 4.90 Å². The molecule has 0 aromatic heterocycles. The second-order valence-corrected chi connectivity index (χ2v) is 6.81. The molecule has 2 amide bonds. The average Bonchev–Trinajstić information content (AvgIpc) is 2.76. The number of halogens is 1. The first kappa shape index (κ1) is 15.1. The highest BCUT2D eigenvalue weighted by atomic mass is 35.5. The molecular weight excluding hydrogens is 318 g/mol. The highest BCUT2D eigenvalue weighted by Gasteiger charge is 2.40. The quantitative estimate of drug-likeness (QED) is 0.833. The minimum Gasteiger partial charge on any atom is -0.273 e. The first-order valence-corrected chi connectivity index (χ1v) is 8.16. The molecule has 1 atom stereocenters. The normalized spacial score (nSPS) is 18.1. The monoisotopic (exact) mass is 331 g/mol. The Morgan fingerprint density at radius 3 is 2.55 bits per heavy atom. The third-order valence-corrected chi connectivity index (χ3v) is 4.80. The molecule has 1 saturated heterocycles. The number of anilines is 1. The minimum atomic E-state index is -0.380. The van der Waals surface area contributed by atoms with E-state index in [-0.39, 0.29) is 16.4 Å². The lowest BCUT2D eigenvalue weighted by molar-refractivity contribution is -0.117. The summed E-state index contributed by atoms with van der Waals surface area (Å²) >= 11 is 7.02. The van der Waals surface area contributed by atoms with Crippen LogP contribution in [0.3, 0.4) is 0 Å². The molecule has 5 heteroatoms. The van der Waals surface area contributed by atoms with E-state index in [1.165, 1.54) is 10.5 Å². The van der Waals surface area contributed by atoms with E-state index in [9.17, 15) is 9.59 Å². The number of nitrogens with zero attached hydrogens (tertiary/aromatic N) is 1. The van der Waals surface area contributed by atoms with Gasteiger partial charge in [0, 0.05) is 5.02 Å². The molecular formula is C17H14ClNO2S. The van der Waals surface area contributed by atoms with Crippen LogP contribution >= 0.6 is 23.4 Å². The van der Waals surface area contributed by atoms with Crippen LogP contribution in [-0.4, -0.2) is 16.4 Å². The summed E-state index contributed by atoms with van der Waals surface area (Å²) in [6.45, 7) is 2.02. The Labute approximate surface area is 138 Å². The van der Waals surface area contributed by atoms with Crippen LogP contribution in [0, 0.1) is 6.92 Å². The number of imide groups is 1. The fraction of sp³-hybridized carbons (Fsp3) is 0.176. The zero-order chi connectivity index (χ0) is 15.7. The number of carbonyl (C=O) groups excluding carboxylic acids is 2. The van der Waals surface area contributed by atoms with Gasteiger partial charge >= 0.3 is 0 Å². The van der Waals surface area contributed by atoms with E-state index in [2.05, 4.69) is 0 Å². The van der Waals surface area contributed by atoms with E-state index in [0.29, 0.717) is 17.1 Å². The third kappa shape index (κ3) is 3.03. The SMILES string of the molecule is Cc1ccc(C[C@@H]2SC(=O)N(c3cccc(Cl)c3)C2=O)cc1. The fourth-order valence-electron chi connectivity index (χ4n) is 2.37. The van der Waals surface area contributed by atoms with E-state index in [1.54, 1.807) is 24.3 Å². The zero-order valence-electron chi connectivity index (χ0n) is 12.0. The molecule has 1 heterocycles. The van der Waals surface area contributed by atoms with Crippen molar-refractivity contribution in [1.82, 2.24) is 0 Å². The summed E-state index contributed by atoms with van der Waals surface area (Å²) in [6.07, 6.45) is 0.548. The number of benzene rings is 2. The minimum absolute atomic E-state index is 0.183. The van der Waals surface area contributed by atoms with Crippen LogP contribution in [0.4, 0.5) is 10.5 Å². The lowest BCUT2D eigenvalue weighted by atomic mass is 10.1. The summed E-state index contributed by atoms with van der Waals surface area (Å²) in [5.74, 6) is -0.183. The van der Waals surface area contributed by atoms with Crippen LogP contribution in [0.2, 0.25) is 5.02 Å². The van der Waals surface area contributed by atoms with Crippen molar-refractivity contribution in [3.8, 4) is 0 Å². The van der Waals surface area contributed by atoms with E-state index in [1.807, 2.05) is 31.2 Å². The first-order valence-electron chi connectivity index (χ1n) is 6.90. The van der Waals surface area contributed by atoms with E-state index in [4.69, 9.17) is 11.6 Å². The van der Waals surface area contributed by atoms with E-state index < -0.39 is 0 Å². The van der Waals surface area contributed by atoms with Gasteiger partial charge in [-0.15, -0.1) is 0 Å². The molecule has 22 heavy (non-hydrogen) atoms.